The van der Waals surface area contributed by atoms with Gasteiger partial charge in [-0.3, -0.25) is 5.41 Å². The van der Waals surface area contributed by atoms with Gasteiger partial charge in [-0.05, 0) is 36.8 Å². The molecule has 0 heterocycles. The van der Waals surface area contributed by atoms with Crippen LogP contribution >= 0.6 is 35.0 Å². The number of nitrogens with two attached hydrogens (primary N) is 1. The SMILES string of the molecule is N=C(N)CCCCSc1cc(Cl)ccc1Cl. The van der Waals surface area contributed by atoms with Gasteiger partial charge in [-0.2, -0.15) is 0 Å². The maximum Gasteiger partial charge on any atom is 0.0905 e. The summed E-state index contributed by atoms with van der Waals surface area (Å²) in [6, 6.07) is 5.46. The maximum absolute atomic E-state index is 7.09. The van der Waals surface area contributed by atoms with E-state index in [1.807, 2.05) is 12.1 Å². The van der Waals surface area contributed by atoms with E-state index >= 15 is 0 Å². The standard InChI is InChI=1S/C11H14Cl2N2S/c12-8-4-5-9(13)10(7-8)16-6-2-1-3-11(14)15/h4-5,7H,1-3,6H2,(H3,14,15). The minimum absolute atomic E-state index is 0.255. The van der Waals surface area contributed by atoms with Crippen LogP contribution in [0.25, 0.3) is 0 Å². The van der Waals surface area contributed by atoms with Crippen molar-refractivity contribution in [2.45, 2.75) is 24.2 Å². The molecular weight excluding hydrogens is 263 g/mol. The molecule has 1 aromatic carbocycles. The van der Waals surface area contributed by atoms with Gasteiger partial charge in [-0.1, -0.05) is 23.2 Å². The summed E-state index contributed by atoms with van der Waals surface area (Å²) in [4.78, 5) is 1.01. The molecule has 88 valence electrons. The van der Waals surface area contributed by atoms with Crippen LogP contribution in [0.1, 0.15) is 19.3 Å². The van der Waals surface area contributed by atoms with Crippen LogP contribution in [0.4, 0.5) is 0 Å². The third-order valence-electron chi connectivity index (χ3n) is 1.99. The van der Waals surface area contributed by atoms with E-state index < -0.39 is 0 Å². The third kappa shape index (κ3) is 5.10. The molecule has 16 heavy (non-hydrogen) atoms. The predicted molar refractivity (Wildman–Crippen MR) is 73.0 cm³/mol. The molecule has 0 saturated carbocycles. The molecule has 0 aromatic heterocycles. The molecule has 0 radical (unpaired) electrons. The molecule has 0 unspecified atom stereocenters. The van der Waals surface area contributed by atoms with E-state index in [1.54, 1.807) is 17.8 Å². The van der Waals surface area contributed by atoms with E-state index in [4.69, 9.17) is 34.3 Å². The first kappa shape index (κ1) is 13.7. The van der Waals surface area contributed by atoms with Gasteiger partial charge in [0.15, 0.2) is 0 Å². The van der Waals surface area contributed by atoms with E-state index in [-0.39, 0.29) is 5.84 Å². The van der Waals surface area contributed by atoms with Gasteiger partial charge in [0.2, 0.25) is 0 Å². The Balaban J connectivity index is 2.31. The van der Waals surface area contributed by atoms with Gasteiger partial charge in [0.25, 0.3) is 0 Å². The Bertz CT molecular complexity index is 369. The summed E-state index contributed by atoms with van der Waals surface area (Å²) in [5.41, 5.74) is 5.27. The Kier molecular flexibility index (Phi) is 6.03. The average Bonchev–Trinajstić information content (AvgIpc) is 2.22. The minimum Gasteiger partial charge on any atom is -0.388 e. The van der Waals surface area contributed by atoms with Crippen molar-refractivity contribution >= 4 is 40.8 Å². The molecule has 2 nitrogen and oxygen atoms in total. The molecule has 0 aliphatic heterocycles. The van der Waals surface area contributed by atoms with E-state index in [9.17, 15) is 0 Å². The summed E-state index contributed by atoms with van der Waals surface area (Å²) in [7, 11) is 0. The van der Waals surface area contributed by atoms with Crippen molar-refractivity contribution in [1.29, 1.82) is 5.41 Å². The molecular formula is C11H14Cl2N2S. The zero-order valence-corrected chi connectivity index (χ0v) is 11.1. The Labute approximate surface area is 110 Å². The number of thioether (sulfide) groups is 1. The van der Waals surface area contributed by atoms with Crippen LogP contribution in [0.5, 0.6) is 0 Å². The van der Waals surface area contributed by atoms with Crippen molar-refractivity contribution in [3.8, 4) is 0 Å². The molecule has 0 amide bonds. The zero-order chi connectivity index (χ0) is 12.0. The van der Waals surface area contributed by atoms with Crippen LogP contribution in [-0.4, -0.2) is 11.6 Å². The third-order valence-corrected chi connectivity index (χ3v) is 3.81. The van der Waals surface area contributed by atoms with Crippen LogP contribution in [0.2, 0.25) is 10.0 Å². The highest BCUT2D eigenvalue weighted by molar-refractivity contribution is 7.99. The lowest BCUT2D eigenvalue weighted by Gasteiger charge is -2.04. The maximum atomic E-state index is 7.09. The predicted octanol–water partition coefficient (Wildman–Crippen LogP) is 4.19. The van der Waals surface area contributed by atoms with Crippen molar-refractivity contribution in [1.82, 2.24) is 0 Å². The minimum atomic E-state index is 0.255. The van der Waals surface area contributed by atoms with E-state index in [2.05, 4.69) is 0 Å². The van der Waals surface area contributed by atoms with E-state index in [0.717, 1.165) is 28.5 Å². The highest BCUT2D eigenvalue weighted by Crippen LogP contribution is 2.30. The number of benzene rings is 1. The van der Waals surface area contributed by atoms with Gasteiger partial charge in [0.1, 0.15) is 0 Å². The molecule has 0 atom stereocenters. The van der Waals surface area contributed by atoms with Gasteiger partial charge < -0.3 is 5.73 Å². The molecule has 0 spiro atoms. The van der Waals surface area contributed by atoms with Gasteiger partial charge in [0.05, 0.1) is 10.9 Å². The second-order valence-electron chi connectivity index (χ2n) is 3.41. The molecule has 0 aliphatic carbocycles. The molecule has 5 heteroatoms. The second-order valence-corrected chi connectivity index (χ2v) is 5.39. The lowest BCUT2D eigenvalue weighted by atomic mass is 10.2. The van der Waals surface area contributed by atoms with Crippen molar-refractivity contribution < 1.29 is 0 Å². The number of nitrogens with one attached hydrogen (secondary N) is 1. The molecule has 0 saturated heterocycles. The normalized spacial score (nSPS) is 10.4. The number of hydrogen-bond donors (Lipinski definition) is 2. The highest BCUT2D eigenvalue weighted by Gasteiger charge is 2.02. The summed E-state index contributed by atoms with van der Waals surface area (Å²) < 4.78 is 0. The lowest BCUT2D eigenvalue weighted by Crippen LogP contribution is -2.08. The zero-order valence-electron chi connectivity index (χ0n) is 8.80. The van der Waals surface area contributed by atoms with Crippen molar-refractivity contribution in [2.75, 3.05) is 5.75 Å². The topological polar surface area (TPSA) is 49.9 Å². The number of amidine groups is 1. The highest BCUT2D eigenvalue weighted by atomic mass is 35.5. The summed E-state index contributed by atoms with van der Waals surface area (Å²) in [6.45, 7) is 0. The summed E-state index contributed by atoms with van der Waals surface area (Å²) in [5.74, 6) is 1.22. The Morgan fingerprint density at radius 2 is 2.06 bits per heavy atom. The van der Waals surface area contributed by atoms with Crippen LogP contribution < -0.4 is 5.73 Å². The second kappa shape index (κ2) is 7.05. The van der Waals surface area contributed by atoms with Crippen molar-refractivity contribution in [3.05, 3.63) is 28.2 Å². The molecule has 3 N–H and O–H groups in total. The largest absolute Gasteiger partial charge is 0.388 e. The molecule has 1 aromatic rings. The average molecular weight is 277 g/mol. The first-order valence-corrected chi connectivity index (χ1v) is 6.74. The Morgan fingerprint density at radius 1 is 1.31 bits per heavy atom. The van der Waals surface area contributed by atoms with E-state index in [0.29, 0.717) is 11.4 Å². The van der Waals surface area contributed by atoms with Gasteiger partial charge in [-0.15, -0.1) is 11.8 Å². The van der Waals surface area contributed by atoms with E-state index in [1.165, 1.54) is 0 Å². The van der Waals surface area contributed by atoms with Crippen LogP contribution in [0.15, 0.2) is 23.1 Å². The van der Waals surface area contributed by atoms with Crippen molar-refractivity contribution in [2.24, 2.45) is 5.73 Å². The van der Waals surface area contributed by atoms with Gasteiger partial charge >= 0.3 is 0 Å². The molecule has 1 rings (SSSR count). The summed E-state index contributed by atoms with van der Waals surface area (Å²) >= 11 is 13.6. The lowest BCUT2D eigenvalue weighted by molar-refractivity contribution is 0.837. The quantitative estimate of drug-likeness (QED) is 0.354. The summed E-state index contributed by atoms with van der Waals surface area (Å²) in [5, 5.41) is 8.53. The number of rotatable bonds is 6. The van der Waals surface area contributed by atoms with Crippen LogP contribution in [0, 0.1) is 5.41 Å². The van der Waals surface area contributed by atoms with Gasteiger partial charge in [-0.25, -0.2) is 0 Å². The smallest absolute Gasteiger partial charge is 0.0905 e. The summed E-state index contributed by atoms with van der Waals surface area (Å²) in [6.07, 6.45) is 2.64. The monoisotopic (exact) mass is 276 g/mol. The first-order valence-electron chi connectivity index (χ1n) is 5.00. The van der Waals surface area contributed by atoms with Gasteiger partial charge in [0, 0.05) is 16.3 Å². The molecule has 0 aliphatic rings. The molecule has 0 bridgehead atoms. The Morgan fingerprint density at radius 3 is 2.75 bits per heavy atom. The fraction of sp³-hybridized carbons (Fsp3) is 0.364. The number of unbranched alkanes of at least 4 members (excludes halogenated alkanes) is 1. The first-order chi connectivity index (χ1) is 7.59. The number of halogens is 2. The van der Waals surface area contributed by atoms with Crippen LogP contribution in [0.3, 0.4) is 0 Å². The van der Waals surface area contributed by atoms with Crippen LogP contribution in [-0.2, 0) is 0 Å². The fourth-order valence-corrected chi connectivity index (χ4v) is 2.69. The Hall–Kier alpha value is -0.380. The fourth-order valence-electron chi connectivity index (χ4n) is 1.19. The van der Waals surface area contributed by atoms with Crippen molar-refractivity contribution in [3.63, 3.8) is 0 Å². The molecule has 0 fully saturated rings. The number of hydrogen-bond acceptors (Lipinski definition) is 2.